The molecule has 0 bridgehead atoms. The molecule has 0 saturated carbocycles. The van der Waals surface area contributed by atoms with Crippen molar-refractivity contribution < 1.29 is 4.79 Å². The van der Waals surface area contributed by atoms with Gasteiger partial charge in [0.2, 0.25) is 5.91 Å². The van der Waals surface area contributed by atoms with Crippen LogP contribution in [0.2, 0.25) is 0 Å². The monoisotopic (exact) mass is 196 g/mol. The molecule has 4 heteroatoms. The van der Waals surface area contributed by atoms with Gasteiger partial charge in [0, 0.05) is 24.5 Å². The summed E-state index contributed by atoms with van der Waals surface area (Å²) in [6.07, 6.45) is 3.59. The zero-order chi connectivity index (χ0) is 9.26. The normalized spacial score (nSPS) is 17.2. The van der Waals surface area contributed by atoms with Crippen molar-refractivity contribution in [3.63, 3.8) is 0 Å². The second kappa shape index (κ2) is 3.46. The number of hydrogen-bond donors (Lipinski definition) is 0. The van der Waals surface area contributed by atoms with E-state index >= 15 is 0 Å². The summed E-state index contributed by atoms with van der Waals surface area (Å²) in [5.41, 5.74) is 1.33. The van der Waals surface area contributed by atoms with Gasteiger partial charge < -0.3 is 4.57 Å². The summed E-state index contributed by atoms with van der Waals surface area (Å²) in [4.78, 5) is 15.7. The number of amides is 1. The van der Waals surface area contributed by atoms with Crippen LogP contribution in [0.4, 0.5) is 0 Å². The molecular weight excluding hydrogens is 184 g/mol. The maximum absolute atomic E-state index is 10.8. The molecule has 70 valence electrons. The molecule has 0 fully saturated rings. The van der Waals surface area contributed by atoms with Gasteiger partial charge in [0.15, 0.2) is 4.80 Å². The SMILES string of the molecule is CC(=O)N=c1scc2n1CCCC2. The van der Waals surface area contributed by atoms with Gasteiger partial charge in [0.05, 0.1) is 0 Å². The molecule has 0 aliphatic carbocycles. The Morgan fingerprint density at radius 3 is 3.23 bits per heavy atom. The number of nitrogens with zero attached hydrogens (tertiary/aromatic N) is 2. The molecule has 1 aromatic heterocycles. The molecule has 0 radical (unpaired) electrons. The Bertz CT molecular complexity index is 389. The molecule has 0 unspecified atom stereocenters. The Labute approximate surface area is 80.7 Å². The summed E-state index contributed by atoms with van der Waals surface area (Å²) in [6.45, 7) is 2.51. The second-order valence-electron chi connectivity index (χ2n) is 3.25. The second-order valence-corrected chi connectivity index (χ2v) is 4.09. The first-order valence-electron chi connectivity index (χ1n) is 4.50. The molecule has 1 aromatic rings. The quantitative estimate of drug-likeness (QED) is 0.616. The number of fused-ring (bicyclic) bond motifs is 1. The summed E-state index contributed by atoms with van der Waals surface area (Å²) in [7, 11) is 0. The van der Waals surface area contributed by atoms with Crippen molar-refractivity contribution in [3.8, 4) is 0 Å². The van der Waals surface area contributed by atoms with Gasteiger partial charge in [0.1, 0.15) is 0 Å². The minimum Gasteiger partial charge on any atom is -0.321 e. The van der Waals surface area contributed by atoms with Crippen molar-refractivity contribution in [2.24, 2.45) is 4.99 Å². The Morgan fingerprint density at radius 1 is 1.62 bits per heavy atom. The lowest BCUT2D eigenvalue weighted by molar-refractivity contribution is -0.116. The number of thiazole rings is 1. The molecule has 0 aromatic carbocycles. The Hall–Kier alpha value is -0.900. The van der Waals surface area contributed by atoms with Crippen molar-refractivity contribution in [2.45, 2.75) is 32.7 Å². The van der Waals surface area contributed by atoms with Crippen LogP contribution in [0.25, 0.3) is 0 Å². The van der Waals surface area contributed by atoms with Gasteiger partial charge in [-0.15, -0.1) is 11.3 Å². The van der Waals surface area contributed by atoms with Crippen LogP contribution in [0.3, 0.4) is 0 Å². The van der Waals surface area contributed by atoms with Crippen molar-refractivity contribution >= 4 is 17.2 Å². The van der Waals surface area contributed by atoms with Crippen LogP contribution in [0.5, 0.6) is 0 Å². The van der Waals surface area contributed by atoms with Gasteiger partial charge in [0.25, 0.3) is 0 Å². The van der Waals surface area contributed by atoms with E-state index in [1.165, 1.54) is 25.5 Å². The minimum atomic E-state index is -0.109. The zero-order valence-electron chi connectivity index (χ0n) is 7.62. The molecule has 0 spiro atoms. The molecule has 1 aliphatic heterocycles. The van der Waals surface area contributed by atoms with Crippen LogP contribution in [-0.4, -0.2) is 10.5 Å². The van der Waals surface area contributed by atoms with E-state index in [1.807, 2.05) is 0 Å². The van der Waals surface area contributed by atoms with Gasteiger partial charge in [-0.3, -0.25) is 4.79 Å². The molecule has 1 amide bonds. The first kappa shape index (κ1) is 8.69. The van der Waals surface area contributed by atoms with Gasteiger partial charge in [-0.2, -0.15) is 4.99 Å². The van der Waals surface area contributed by atoms with E-state index in [0.29, 0.717) is 0 Å². The predicted molar refractivity (Wildman–Crippen MR) is 51.5 cm³/mol. The van der Waals surface area contributed by atoms with Crippen LogP contribution in [0.15, 0.2) is 10.4 Å². The van der Waals surface area contributed by atoms with Crippen molar-refractivity contribution in [1.82, 2.24) is 4.57 Å². The fraction of sp³-hybridized carbons (Fsp3) is 0.556. The fourth-order valence-corrected chi connectivity index (χ4v) is 2.60. The highest BCUT2D eigenvalue weighted by molar-refractivity contribution is 7.07. The minimum absolute atomic E-state index is 0.109. The third-order valence-corrected chi connectivity index (χ3v) is 3.11. The maximum Gasteiger partial charge on any atom is 0.245 e. The number of hydrogen-bond acceptors (Lipinski definition) is 2. The molecular formula is C9H12N2OS. The van der Waals surface area contributed by atoms with Crippen molar-refractivity contribution in [2.75, 3.05) is 0 Å². The Balaban J connectivity index is 2.48. The molecule has 0 saturated heterocycles. The number of carbonyl (C=O) groups excluding carboxylic acids is 1. The van der Waals surface area contributed by atoms with Gasteiger partial charge in [-0.1, -0.05) is 0 Å². The van der Waals surface area contributed by atoms with E-state index in [2.05, 4.69) is 14.9 Å². The third kappa shape index (κ3) is 1.72. The summed E-state index contributed by atoms with van der Waals surface area (Å²) >= 11 is 1.57. The van der Waals surface area contributed by atoms with Crippen molar-refractivity contribution in [3.05, 3.63) is 15.9 Å². The fourth-order valence-electron chi connectivity index (χ4n) is 1.60. The van der Waals surface area contributed by atoms with E-state index in [9.17, 15) is 4.79 Å². The van der Waals surface area contributed by atoms with E-state index in [1.54, 1.807) is 11.3 Å². The average molecular weight is 196 g/mol. The summed E-state index contributed by atoms with van der Waals surface area (Å²) in [5, 5.41) is 2.11. The van der Waals surface area contributed by atoms with Gasteiger partial charge >= 0.3 is 0 Å². The van der Waals surface area contributed by atoms with E-state index in [0.717, 1.165) is 17.8 Å². The molecule has 13 heavy (non-hydrogen) atoms. The van der Waals surface area contributed by atoms with Gasteiger partial charge in [-0.05, 0) is 19.3 Å². The first-order valence-corrected chi connectivity index (χ1v) is 5.38. The lowest BCUT2D eigenvalue weighted by Crippen LogP contribution is -2.21. The Kier molecular flexibility index (Phi) is 2.31. The molecule has 3 nitrogen and oxygen atoms in total. The number of rotatable bonds is 0. The standard InChI is InChI=1S/C9H12N2OS/c1-7(12)10-9-11-5-3-2-4-8(11)6-13-9/h6H,2-5H2,1H3. The molecule has 0 N–H and O–H groups in total. The van der Waals surface area contributed by atoms with Crippen LogP contribution in [-0.2, 0) is 17.8 Å². The Morgan fingerprint density at radius 2 is 2.46 bits per heavy atom. The highest BCUT2D eigenvalue weighted by Crippen LogP contribution is 2.13. The number of aromatic nitrogens is 1. The van der Waals surface area contributed by atoms with Crippen LogP contribution in [0, 0.1) is 0 Å². The lowest BCUT2D eigenvalue weighted by Gasteiger charge is -2.13. The number of aryl methyl sites for hydroxylation is 1. The summed E-state index contributed by atoms with van der Waals surface area (Å²) in [5.74, 6) is -0.109. The van der Waals surface area contributed by atoms with Crippen LogP contribution in [0.1, 0.15) is 25.5 Å². The van der Waals surface area contributed by atoms with E-state index in [4.69, 9.17) is 0 Å². The highest BCUT2D eigenvalue weighted by Gasteiger charge is 2.09. The largest absolute Gasteiger partial charge is 0.321 e. The average Bonchev–Trinajstić information content (AvgIpc) is 2.48. The first-order chi connectivity index (χ1) is 6.27. The third-order valence-electron chi connectivity index (χ3n) is 2.20. The topological polar surface area (TPSA) is 34.4 Å². The van der Waals surface area contributed by atoms with Crippen LogP contribution >= 0.6 is 11.3 Å². The van der Waals surface area contributed by atoms with E-state index in [-0.39, 0.29) is 5.91 Å². The smallest absolute Gasteiger partial charge is 0.245 e. The van der Waals surface area contributed by atoms with E-state index < -0.39 is 0 Å². The van der Waals surface area contributed by atoms with Crippen molar-refractivity contribution in [1.29, 1.82) is 0 Å². The summed E-state index contributed by atoms with van der Waals surface area (Å²) in [6, 6.07) is 0. The zero-order valence-corrected chi connectivity index (χ0v) is 8.43. The predicted octanol–water partition coefficient (Wildman–Crippen LogP) is 1.33. The maximum atomic E-state index is 10.8. The lowest BCUT2D eigenvalue weighted by atomic mass is 10.1. The van der Waals surface area contributed by atoms with Gasteiger partial charge in [-0.25, -0.2) is 0 Å². The highest BCUT2D eigenvalue weighted by atomic mass is 32.1. The molecule has 1 aliphatic rings. The molecule has 0 atom stereocenters. The molecule has 2 rings (SSSR count). The number of carbonyl (C=O) groups is 1. The summed E-state index contributed by atoms with van der Waals surface area (Å²) < 4.78 is 2.16. The molecule has 2 heterocycles. The van der Waals surface area contributed by atoms with Crippen LogP contribution < -0.4 is 4.80 Å².